The zero-order valence-corrected chi connectivity index (χ0v) is 27.4. The first-order valence-electron chi connectivity index (χ1n) is 16.2. The SMILES string of the molecule is COC(=O)[C@@H](NC(=O)C1CN(C(=O)c2cnn(Cc3ccccc3)c2)CC12CN(C(=O)[C@H]1CC1(C)C)C2)[C@@H](C)OCc1ccccc1. The summed E-state index contributed by atoms with van der Waals surface area (Å²) in [5.41, 5.74) is 1.77. The molecule has 3 aliphatic rings. The van der Waals surface area contributed by atoms with Crippen molar-refractivity contribution < 1.29 is 28.7 Å². The van der Waals surface area contributed by atoms with E-state index in [2.05, 4.69) is 24.3 Å². The molecule has 47 heavy (non-hydrogen) atoms. The summed E-state index contributed by atoms with van der Waals surface area (Å²) in [7, 11) is 1.27. The van der Waals surface area contributed by atoms with Crippen molar-refractivity contribution in [2.75, 3.05) is 33.3 Å². The van der Waals surface area contributed by atoms with Gasteiger partial charge in [0.05, 0.1) is 44.0 Å². The van der Waals surface area contributed by atoms with Gasteiger partial charge in [0.2, 0.25) is 11.8 Å². The standard InChI is InChI=1S/C36H43N5O6/c1-24(47-20-26-13-9-6-10-14-26)30(34(45)46-4)38-31(42)29-19-39(21-36(29)22-40(23-36)33(44)28-15-35(28,2)3)32(43)27-16-37-41(18-27)17-25-11-7-5-8-12-25/h5-14,16,18,24,28-30H,15,17,19-23H2,1-4H3,(H,38,42)/t24-,28-,29?,30+/m1/s1. The molecule has 1 aromatic heterocycles. The molecule has 2 aromatic carbocycles. The number of methoxy groups -OCH3 is 1. The Morgan fingerprint density at radius 2 is 1.55 bits per heavy atom. The molecule has 1 saturated carbocycles. The number of hydrogen-bond acceptors (Lipinski definition) is 7. The lowest BCUT2D eigenvalue weighted by atomic mass is 9.70. The summed E-state index contributed by atoms with van der Waals surface area (Å²) >= 11 is 0. The number of ether oxygens (including phenoxy) is 2. The maximum absolute atomic E-state index is 14.1. The summed E-state index contributed by atoms with van der Waals surface area (Å²) in [4.78, 5) is 57.5. The minimum absolute atomic E-state index is 0.0161. The molecule has 1 aliphatic carbocycles. The monoisotopic (exact) mass is 641 g/mol. The Kier molecular flexibility index (Phi) is 8.93. The number of aromatic nitrogens is 2. The fraction of sp³-hybridized carbons (Fsp3) is 0.472. The Balaban J connectivity index is 1.18. The van der Waals surface area contributed by atoms with Crippen molar-refractivity contribution in [3.05, 3.63) is 89.7 Å². The third-order valence-electron chi connectivity index (χ3n) is 10.0. The summed E-state index contributed by atoms with van der Waals surface area (Å²) in [6.07, 6.45) is 3.43. The van der Waals surface area contributed by atoms with Crippen LogP contribution in [0, 0.1) is 22.7 Å². The van der Waals surface area contributed by atoms with Crippen molar-refractivity contribution in [1.29, 1.82) is 0 Å². The Morgan fingerprint density at radius 1 is 0.936 bits per heavy atom. The molecule has 3 aromatic rings. The number of rotatable bonds is 11. The van der Waals surface area contributed by atoms with Gasteiger partial charge in [0.1, 0.15) is 0 Å². The lowest BCUT2D eigenvalue weighted by molar-refractivity contribution is -0.154. The van der Waals surface area contributed by atoms with Gasteiger partial charge in [-0.2, -0.15) is 5.10 Å². The van der Waals surface area contributed by atoms with E-state index in [-0.39, 0.29) is 42.2 Å². The molecule has 4 atom stereocenters. The molecule has 1 spiro atoms. The molecule has 2 saturated heterocycles. The van der Waals surface area contributed by atoms with Gasteiger partial charge in [-0.05, 0) is 29.9 Å². The first-order valence-corrected chi connectivity index (χ1v) is 16.2. The van der Waals surface area contributed by atoms with Gasteiger partial charge >= 0.3 is 5.97 Å². The lowest BCUT2D eigenvalue weighted by Gasteiger charge is -2.50. The van der Waals surface area contributed by atoms with E-state index in [4.69, 9.17) is 9.47 Å². The van der Waals surface area contributed by atoms with Crippen LogP contribution in [0.5, 0.6) is 0 Å². The van der Waals surface area contributed by atoms with E-state index in [0.717, 1.165) is 17.5 Å². The third kappa shape index (κ3) is 6.81. The van der Waals surface area contributed by atoms with Gasteiger partial charge in [-0.3, -0.25) is 19.1 Å². The van der Waals surface area contributed by atoms with Crippen LogP contribution in [0.3, 0.4) is 0 Å². The Bertz CT molecular complexity index is 1620. The van der Waals surface area contributed by atoms with Crippen molar-refractivity contribution in [3.63, 3.8) is 0 Å². The number of benzene rings is 2. The number of nitrogens with zero attached hydrogens (tertiary/aromatic N) is 4. The fourth-order valence-electron chi connectivity index (χ4n) is 6.94. The highest BCUT2D eigenvalue weighted by Gasteiger charge is 2.62. The number of nitrogens with one attached hydrogen (secondary N) is 1. The predicted molar refractivity (Wildman–Crippen MR) is 173 cm³/mol. The van der Waals surface area contributed by atoms with Crippen LogP contribution >= 0.6 is 0 Å². The van der Waals surface area contributed by atoms with E-state index in [1.807, 2.05) is 65.6 Å². The minimum atomic E-state index is -1.06. The number of carbonyl (C=O) groups is 4. The molecule has 3 amide bonds. The van der Waals surface area contributed by atoms with Crippen LogP contribution in [-0.4, -0.2) is 88.7 Å². The quantitative estimate of drug-likeness (QED) is 0.319. The number of esters is 1. The highest BCUT2D eigenvalue weighted by atomic mass is 16.5. The second kappa shape index (κ2) is 12.9. The van der Waals surface area contributed by atoms with Crippen LogP contribution in [0.25, 0.3) is 0 Å². The average Bonchev–Trinajstić information content (AvgIpc) is 3.37. The molecule has 0 radical (unpaired) electrons. The summed E-state index contributed by atoms with van der Waals surface area (Å²) < 4.78 is 12.8. The largest absolute Gasteiger partial charge is 0.467 e. The van der Waals surface area contributed by atoms with Crippen LogP contribution in [0.1, 0.15) is 48.7 Å². The number of hydrogen-bond donors (Lipinski definition) is 1. The second-order valence-electron chi connectivity index (χ2n) is 14.0. The van der Waals surface area contributed by atoms with E-state index in [1.54, 1.807) is 28.9 Å². The summed E-state index contributed by atoms with van der Waals surface area (Å²) in [6.45, 7) is 7.89. The van der Waals surface area contributed by atoms with E-state index in [0.29, 0.717) is 31.7 Å². The van der Waals surface area contributed by atoms with Crippen molar-refractivity contribution >= 4 is 23.7 Å². The van der Waals surface area contributed by atoms with Crippen LogP contribution in [0.15, 0.2) is 73.1 Å². The number of carbonyl (C=O) groups excluding carboxylic acids is 4. The molecule has 3 heterocycles. The van der Waals surface area contributed by atoms with E-state index >= 15 is 0 Å². The molecule has 1 N–H and O–H groups in total. The normalized spacial score (nSPS) is 21.9. The van der Waals surface area contributed by atoms with E-state index < -0.39 is 29.4 Å². The second-order valence-corrected chi connectivity index (χ2v) is 14.0. The summed E-state index contributed by atoms with van der Waals surface area (Å²) in [6, 6.07) is 18.4. The summed E-state index contributed by atoms with van der Waals surface area (Å²) in [5.74, 6) is -1.78. The number of likely N-dealkylation sites (tertiary alicyclic amines) is 2. The minimum Gasteiger partial charge on any atom is -0.467 e. The van der Waals surface area contributed by atoms with Crippen molar-refractivity contribution in [3.8, 4) is 0 Å². The van der Waals surface area contributed by atoms with Crippen LogP contribution in [0.4, 0.5) is 0 Å². The van der Waals surface area contributed by atoms with Gasteiger partial charge in [-0.25, -0.2) is 4.79 Å². The Hall–Kier alpha value is -4.51. The molecule has 11 heteroatoms. The molecule has 0 bridgehead atoms. The maximum atomic E-state index is 14.1. The molecule has 3 fully saturated rings. The zero-order valence-electron chi connectivity index (χ0n) is 27.4. The molecular formula is C36H43N5O6. The predicted octanol–water partition coefficient (Wildman–Crippen LogP) is 3.14. The fourth-order valence-corrected chi connectivity index (χ4v) is 6.94. The van der Waals surface area contributed by atoms with Crippen LogP contribution in [-0.2, 0) is 37.0 Å². The van der Waals surface area contributed by atoms with Gasteiger partial charge in [0.25, 0.3) is 5.91 Å². The average molecular weight is 642 g/mol. The Labute approximate surface area is 275 Å². The first kappa shape index (κ1) is 32.4. The molecule has 11 nitrogen and oxygen atoms in total. The zero-order chi connectivity index (χ0) is 33.3. The van der Waals surface area contributed by atoms with E-state index in [1.165, 1.54) is 7.11 Å². The molecule has 1 unspecified atom stereocenters. The topological polar surface area (TPSA) is 123 Å². The van der Waals surface area contributed by atoms with Crippen molar-refractivity contribution in [2.24, 2.45) is 22.7 Å². The van der Waals surface area contributed by atoms with Gasteiger partial charge in [-0.1, -0.05) is 74.5 Å². The molecular weight excluding hydrogens is 598 g/mol. The molecule has 6 rings (SSSR count). The van der Waals surface area contributed by atoms with Gasteiger partial charge in [0, 0.05) is 43.7 Å². The highest BCUT2D eigenvalue weighted by molar-refractivity contribution is 5.95. The van der Waals surface area contributed by atoms with Crippen molar-refractivity contribution in [1.82, 2.24) is 24.9 Å². The summed E-state index contributed by atoms with van der Waals surface area (Å²) in [5, 5.41) is 7.30. The van der Waals surface area contributed by atoms with Gasteiger partial charge < -0.3 is 24.6 Å². The molecule has 2 aliphatic heterocycles. The van der Waals surface area contributed by atoms with Crippen LogP contribution < -0.4 is 5.32 Å². The highest BCUT2D eigenvalue weighted by Crippen LogP contribution is 2.54. The maximum Gasteiger partial charge on any atom is 0.331 e. The Morgan fingerprint density at radius 3 is 2.17 bits per heavy atom. The van der Waals surface area contributed by atoms with E-state index in [9.17, 15) is 19.2 Å². The van der Waals surface area contributed by atoms with Crippen molar-refractivity contribution in [2.45, 2.75) is 52.5 Å². The lowest BCUT2D eigenvalue weighted by Crippen LogP contribution is -2.65. The van der Waals surface area contributed by atoms with Crippen LogP contribution in [0.2, 0.25) is 0 Å². The number of amides is 3. The van der Waals surface area contributed by atoms with Gasteiger partial charge in [0.15, 0.2) is 6.04 Å². The van der Waals surface area contributed by atoms with Gasteiger partial charge in [-0.15, -0.1) is 0 Å². The molecule has 248 valence electrons. The smallest absolute Gasteiger partial charge is 0.331 e. The third-order valence-corrected chi connectivity index (χ3v) is 10.0. The first-order chi connectivity index (χ1) is 22.5.